The van der Waals surface area contributed by atoms with E-state index in [0.29, 0.717) is 16.0 Å². The highest BCUT2D eigenvalue weighted by Gasteiger charge is 2.40. The fourth-order valence-corrected chi connectivity index (χ4v) is 4.25. The summed E-state index contributed by atoms with van der Waals surface area (Å²) in [5, 5.41) is 4.96. The van der Waals surface area contributed by atoms with Crippen molar-refractivity contribution in [2.24, 2.45) is 5.92 Å². The lowest BCUT2D eigenvalue weighted by atomic mass is 9.77. The third-order valence-corrected chi connectivity index (χ3v) is 5.16. The van der Waals surface area contributed by atoms with E-state index in [-0.39, 0.29) is 12.1 Å². The van der Waals surface area contributed by atoms with Crippen LogP contribution < -0.4 is 5.32 Å². The first-order valence-electron chi connectivity index (χ1n) is 7.66. The quantitative estimate of drug-likeness (QED) is 0.730. The van der Waals surface area contributed by atoms with Gasteiger partial charge in [0.25, 0.3) is 0 Å². The Morgan fingerprint density at radius 1 is 1.09 bits per heavy atom. The van der Waals surface area contributed by atoms with Gasteiger partial charge in [-0.2, -0.15) is 0 Å². The minimum Gasteiger partial charge on any atom is -0.376 e. The number of hydrogen-bond acceptors (Lipinski definition) is 2. The molecule has 0 aliphatic carbocycles. The van der Waals surface area contributed by atoms with E-state index in [1.165, 1.54) is 5.56 Å². The molecule has 0 aromatic heterocycles. The first-order chi connectivity index (χ1) is 10.7. The highest BCUT2D eigenvalue weighted by Crippen LogP contribution is 2.51. The molecular weight excluding hydrogens is 317 g/mol. The van der Waals surface area contributed by atoms with Crippen LogP contribution in [0.15, 0.2) is 42.5 Å². The van der Waals surface area contributed by atoms with Crippen molar-refractivity contribution < 1.29 is 4.74 Å². The monoisotopic (exact) mass is 333 g/mol. The van der Waals surface area contributed by atoms with Crippen molar-refractivity contribution in [2.45, 2.75) is 25.0 Å². The summed E-state index contributed by atoms with van der Waals surface area (Å²) in [6, 6.07) is 14.5. The standard InChI is InChI=1S/C18H17Cl2NO/c19-12-9-14-17(15(20)10-12)21-16(11-5-2-1-3-6-11)13-7-4-8-22-18(13)14/h1-3,5-6,9-10,13,16,18,21H,4,7-8H2/t13-,16-,18-/m0/s1. The van der Waals surface area contributed by atoms with Gasteiger partial charge in [0.2, 0.25) is 0 Å². The maximum Gasteiger partial charge on any atom is 0.0896 e. The molecule has 0 spiro atoms. The zero-order valence-corrected chi connectivity index (χ0v) is 13.6. The molecule has 2 aromatic rings. The minimum absolute atomic E-state index is 0.0615. The summed E-state index contributed by atoms with van der Waals surface area (Å²) in [4.78, 5) is 0. The van der Waals surface area contributed by atoms with Crippen LogP contribution in [0.1, 0.15) is 36.1 Å². The number of benzene rings is 2. The third-order valence-electron chi connectivity index (χ3n) is 4.65. The van der Waals surface area contributed by atoms with Gasteiger partial charge in [-0.3, -0.25) is 0 Å². The normalized spacial score (nSPS) is 26.7. The molecule has 1 fully saturated rings. The van der Waals surface area contributed by atoms with Gasteiger partial charge in [0.05, 0.1) is 22.9 Å². The van der Waals surface area contributed by atoms with E-state index in [1.54, 1.807) is 6.07 Å². The van der Waals surface area contributed by atoms with Crippen molar-refractivity contribution in [1.29, 1.82) is 0 Å². The van der Waals surface area contributed by atoms with Crippen LogP contribution >= 0.6 is 23.2 Å². The fourth-order valence-electron chi connectivity index (χ4n) is 3.69. The number of hydrogen-bond donors (Lipinski definition) is 1. The van der Waals surface area contributed by atoms with Crippen LogP contribution in [0, 0.1) is 5.92 Å². The Kier molecular flexibility index (Phi) is 3.77. The largest absolute Gasteiger partial charge is 0.376 e. The lowest BCUT2D eigenvalue weighted by Crippen LogP contribution is -2.36. The molecule has 4 heteroatoms. The Morgan fingerprint density at radius 2 is 1.91 bits per heavy atom. The number of anilines is 1. The van der Waals surface area contributed by atoms with E-state index < -0.39 is 0 Å². The molecule has 1 N–H and O–H groups in total. The molecule has 2 heterocycles. The topological polar surface area (TPSA) is 21.3 Å². The van der Waals surface area contributed by atoms with E-state index in [9.17, 15) is 0 Å². The zero-order valence-electron chi connectivity index (χ0n) is 12.1. The van der Waals surface area contributed by atoms with Crippen molar-refractivity contribution in [3.63, 3.8) is 0 Å². The molecule has 0 saturated carbocycles. The van der Waals surface area contributed by atoms with Gasteiger partial charge in [-0.1, -0.05) is 53.5 Å². The highest BCUT2D eigenvalue weighted by atomic mass is 35.5. The van der Waals surface area contributed by atoms with Crippen LogP contribution in [0.4, 0.5) is 5.69 Å². The van der Waals surface area contributed by atoms with Crippen LogP contribution in [-0.2, 0) is 4.74 Å². The first-order valence-corrected chi connectivity index (χ1v) is 8.41. The zero-order chi connectivity index (χ0) is 15.1. The second kappa shape index (κ2) is 5.77. The predicted octanol–water partition coefficient (Wildman–Crippen LogP) is 5.63. The molecular formula is C18H17Cl2NO. The summed E-state index contributed by atoms with van der Waals surface area (Å²) in [5.74, 6) is 0.401. The second-order valence-corrected chi connectivity index (χ2v) is 6.83. The minimum atomic E-state index is 0.0615. The molecule has 4 rings (SSSR count). The van der Waals surface area contributed by atoms with Gasteiger partial charge in [-0.15, -0.1) is 0 Å². The van der Waals surface area contributed by atoms with Crippen molar-refractivity contribution in [3.05, 3.63) is 63.6 Å². The average Bonchev–Trinajstić information content (AvgIpc) is 2.55. The van der Waals surface area contributed by atoms with Crippen molar-refractivity contribution in [1.82, 2.24) is 0 Å². The van der Waals surface area contributed by atoms with Crippen LogP contribution in [0.2, 0.25) is 10.0 Å². The molecule has 1 saturated heterocycles. The molecule has 3 atom stereocenters. The van der Waals surface area contributed by atoms with E-state index in [4.69, 9.17) is 27.9 Å². The lowest BCUT2D eigenvalue weighted by molar-refractivity contribution is -0.0381. The van der Waals surface area contributed by atoms with E-state index >= 15 is 0 Å². The van der Waals surface area contributed by atoms with Gasteiger partial charge < -0.3 is 10.1 Å². The number of nitrogens with one attached hydrogen (secondary N) is 1. The van der Waals surface area contributed by atoms with Gasteiger partial charge in [0, 0.05) is 23.1 Å². The Hall–Kier alpha value is -1.22. The van der Waals surface area contributed by atoms with Crippen LogP contribution in [0.3, 0.4) is 0 Å². The first kappa shape index (κ1) is 14.4. The van der Waals surface area contributed by atoms with Crippen molar-refractivity contribution in [2.75, 3.05) is 11.9 Å². The molecule has 0 amide bonds. The molecule has 114 valence electrons. The summed E-state index contributed by atoms with van der Waals surface area (Å²) < 4.78 is 6.11. The smallest absolute Gasteiger partial charge is 0.0896 e. The average molecular weight is 334 g/mol. The van der Waals surface area contributed by atoms with Gasteiger partial charge >= 0.3 is 0 Å². The SMILES string of the molecule is Clc1cc(Cl)c2c(c1)[C@H]1OCCC[C@H]1[C@H](c1ccccc1)N2. The maximum atomic E-state index is 6.43. The van der Waals surface area contributed by atoms with Gasteiger partial charge in [0.1, 0.15) is 0 Å². The predicted molar refractivity (Wildman–Crippen MR) is 90.7 cm³/mol. The van der Waals surface area contributed by atoms with Crippen molar-refractivity contribution in [3.8, 4) is 0 Å². The maximum absolute atomic E-state index is 6.43. The van der Waals surface area contributed by atoms with Crippen LogP contribution in [-0.4, -0.2) is 6.61 Å². The Morgan fingerprint density at radius 3 is 2.73 bits per heavy atom. The summed E-state index contributed by atoms with van der Waals surface area (Å²) in [5.41, 5.74) is 3.33. The summed E-state index contributed by atoms with van der Waals surface area (Å²) in [7, 11) is 0. The van der Waals surface area contributed by atoms with E-state index in [2.05, 4.69) is 29.6 Å². The summed E-state index contributed by atoms with van der Waals surface area (Å²) >= 11 is 12.6. The summed E-state index contributed by atoms with van der Waals surface area (Å²) in [6.45, 7) is 0.798. The van der Waals surface area contributed by atoms with Gasteiger partial charge in [-0.05, 0) is 30.5 Å². The molecule has 2 aliphatic heterocycles. The molecule has 2 nitrogen and oxygen atoms in total. The molecule has 0 bridgehead atoms. The lowest BCUT2D eigenvalue weighted by Gasteiger charge is -2.43. The number of rotatable bonds is 1. The Bertz CT molecular complexity index is 689. The van der Waals surface area contributed by atoms with Crippen LogP contribution in [0.25, 0.3) is 0 Å². The molecule has 2 aromatic carbocycles. The van der Waals surface area contributed by atoms with Crippen molar-refractivity contribution >= 4 is 28.9 Å². The molecule has 2 aliphatic rings. The van der Waals surface area contributed by atoms with Crippen LogP contribution in [0.5, 0.6) is 0 Å². The third kappa shape index (κ3) is 2.40. The number of halogens is 2. The number of fused-ring (bicyclic) bond motifs is 3. The molecule has 22 heavy (non-hydrogen) atoms. The second-order valence-electron chi connectivity index (χ2n) is 5.98. The Balaban J connectivity index is 1.83. The molecule has 0 radical (unpaired) electrons. The van der Waals surface area contributed by atoms with Gasteiger partial charge in [0.15, 0.2) is 0 Å². The summed E-state index contributed by atoms with van der Waals surface area (Å²) in [6.07, 6.45) is 2.29. The molecule has 0 unspecified atom stereocenters. The fraction of sp³-hybridized carbons (Fsp3) is 0.333. The van der Waals surface area contributed by atoms with E-state index in [1.807, 2.05) is 12.1 Å². The van der Waals surface area contributed by atoms with E-state index in [0.717, 1.165) is 30.7 Å². The highest BCUT2D eigenvalue weighted by molar-refractivity contribution is 6.36. The number of ether oxygens (including phenoxy) is 1. The van der Waals surface area contributed by atoms with Gasteiger partial charge in [-0.25, -0.2) is 0 Å². The Labute approximate surface area is 140 Å².